The number of ether oxygens (including phenoxy) is 2. The highest BCUT2D eigenvalue weighted by atomic mass is 35.5. The summed E-state index contributed by atoms with van der Waals surface area (Å²) in [4.78, 5) is 15.1. The van der Waals surface area contributed by atoms with Crippen LogP contribution in [-0.2, 0) is 13.0 Å². The molecule has 5 rings (SSSR count). The Morgan fingerprint density at radius 2 is 1.87 bits per heavy atom. The highest BCUT2D eigenvalue weighted by Crippen LogP contribution is 2.42. The van der Waals surface area contributed by atoms with E-state index in [-0.39, 0.29) is 5.78 Å². The maximum absolute atomic E-state index is 12.9. The van der Waals surface area contributed by atoms with E-state index in [4.69, 9.17) is 21.1 Å². The Morgan fingerprint density at radius 3 is 2.68 bits per heavy atom. The Kier molecular flexibility index (Phi) is 5.26. The predicted octanol–water partition coefficient (Wildman–Crippen LogP) is 5.66. The van der Waals surface area contributed by atoms with E-state index >= 15 is 0 Å². The number of halogens is 1. The Balaban J connectivity index is 1.36. The van der Waals surface area contributed by atoms with E-state index in [0.717, 1.165) is 40.4 Å². The van der Waals surface area contributed by atoms with Crippen molar-refractivity contribution in [3.05, 3.63) is 99.3 Å². The molecule has 4 nitrogen and oxygen atoms in total. The molecule has 0 radical (unpaired) electrons. The van der Waals surface area contributed by atoms with Crippen molar-refractivity contribution in [1.29, 1.82) is 0 Å². The molecule has 0 aromatic heterocycles. The average molecular weight is 432 g/mol. The molecule has 0 amide bonds. The summed E-state index contributed by atoms with van der Waals surface area (Å²) in [5.74, 6) is 1.65. The minimum absolute atomic E-state index is 0.0911. The third-order valence-electron chi connectivity index (χ3n) is 5.71. The summed E-state index contributed by atoms with van der Waals surface area (Å²) in [5, 5.41) is 0.779. The zero-order chi connectivity index (χ0) is 21.4. The number of aryl methyl sites for hydroxylation is 1. The van der Waals surface area contributed by atoms with Gasteiger partial charge >= 0.3 is 0 Å². The van der Waals surface area contributed by atoms with E-state index in [1.807, 2.05) is 61.5 Å². The summed E-state index contributed by atoms with van der Waals surface area (Å²) in [7, 11) is 0. The standard InChI is InChI=1S/C26H22ClNO3/c1-17-6-8-18(9-7-17)14-24-25(29)20-10-11-23-21(26(20)31-24)15-28(16-30-23)13-12-19-4-2-3-5-22(19)27/h2-11,14H,12-13,15-16H2,1H3/b24-14-. The fourth-order valence-corrected chi connectivity index (χ4v) is 4.17. The summed E-state index contributed by atoms with van der Waals surface area (Å²) in [6, 6.07) is 19.6. The molecule has 3 aromatic carbocycles. The molecule has 2 heterocycles. The number of ketones is 1. The van der Waals surface area contributed by atoms with E-state index in [1.165, 1.54) is 5.56 Å². The lowest BCUT2D eigenvalue weighted by atomic mass is 10.0. The van der Waals surface area contributed by atoms with Crippen molar-refractivity contribution in [2.45, 2.75) is 19.9 Å². The van der Waals surface area contributed by atoms with Gasteiger partial charge in [-0.25, -0.2) is 0 Å². The van der Waals surface area contributed by atoms with Gasteiger partial charge in [-0.05, 0) is 48.7 Å². The summed E-state index contributed by atoms with van der Waals surface area (Å²) in [5.41, 5.74) is 4.74. The van der Waals surface area contributed by atoms with E-state index in [9.17, 15) is 4.79 Å². The molecule has 0 spiro atoms. The SMILES string of the molecule is Cc1ccc(/C=C2\Oc3c(ccc4c3CN(CCc3ccccc3Cl)CO4)C2=O)cc1. The third-order valence-corrected chi connectivity index (χ3v) is 6.08. The van der Waals surface area contributed by atoms with Crippen molar-refractivity contribution >= 4 is 23.5 Å². The van der Waals surface area contributed by atoms with Crippen molar-refractivity contribution < 1.29 is 14.3 Å². The fourth-order valence-electron chi connectivity index (χ4n) is 3.94. The lowest BCUT2D eigenvalue weighted by Gasteiger charge is -2.29. The van der Waals surface area contributed by atoms with Crippen LogP contribution in [0.2, 0.25) is 5.02 Å². The maximum Gasteiger partial charge on any atom is 0.231 e. The summed E-state index contributed by atoms with van der Waals surface area (Å²) < 4.78 is 12.0. The number of hydrogen-bond donors (Lipinski definition) is 0. The molecule has 0 saturated carbocycles. The Morgan fingerprint density at radius 1 is 1.06 bits per heavy atom. The largest absolute Gasteiger partial charge is 0.478 e. The van der Waals surface area contributed by atoms with Crippen LogP contribution < -0.4 is 9.47 Å². The molecular weight excluding hydrogens is 410 g/mol. The lowest BCUT2D eigenvalue weighted by molar-refractivity contribution is 0.0950. The van der Waals surface area contributed by atoms with Gasteiger partial charge in [-0.1, -0.05) is 59.6 Å². The van der Waals surface area contributed by atoms with Gasteiger partial charge in [0.2, 0.25) is 5.78 Å². The van der Waals surface area contributed by atoms with Crippen LogP contribution in [0.4, 0.5) is 0 Å². The quantitative estimate of drug-likeness (QED) is 0.500. The van der Waals surface area contributed by atoms with Gasteiger partial charge in [0.15, 0.2) is 5.76 Å². The van der Waals surface area contributed by atoms with Gasteiger partial charge in [0, 0.05) is 18.1 Å². The van der Waals surface area contributed by atoms with Crippen molar-refractivity contribution in [3.8, 4) is 11.5 Å². The molecular formula is C26H22ClNO3. The van der Waals surface area contributed by atoms with Crippen LogP contribution in [0.5, 0.6) is 11.5 Å². The van der Waals surface area contributed by atoms with E-state index in [2.05, 4.69) is 4.90 Å². The predicted molar refractivity (Wildman–Crippen MR) is 122 cm³/mol. The molecule has 0 bridgehead atoms. The second-order valence-electron chi connectivity index (χ2n) is 7.94. The molecule has 156 valence electrons. The fraction of sp³-hybridized carbons (Fsp3) is 0.192. The second kappa shape index (κ2) is 8.22. The van der Waals surface area contributed by atoms with Crippen molar-refractivity contribution in [2.75, 3.05) is 13.3 Å². The van der Waals surface area contributed by atoms with Crippen LogP contribution in [0, 0.1) is 6.92 Å². The van der Waals surface area contributed by atoms with Gasteiger partial charge in [0.25, 0.3) is 0 Å². The first kappa shape index (κ1) is 19.9. The van der Waals surface area contributed by atoms with Gasteiger partial charge in [-0.15, -0.1) is 0 Å². The van der Waals surface area contributed by atoms with Crippen LogP contribution in [-0.4, -0.2) is 24.0 Å². The van der Waals surface area contributed by atoms with Gasteiger partial charge in [-0.2, -0.15) is 0 Å². The van der Waals surface area contributed by atoms with Crippen LogP contribution in [0.3, 0.4) is 0 Å². The number of carbonyl (C=O) groups is 1. The van der Waals surface area contributed by atoms with Crippen molar-refractivity contribution in [1.82, 2.24) is 4.90 Å². The lowest BCUT2D eigenvalue weighted by Crippen LogP contribution is -2.33. The molecule has 0 aliphatic carbocycles. The number of carbonyl (C=O) groups excluding carboxylic acids is 1. The van der Waals surface area contributed by atoms with E-state index < -0.39 is 0 Å². The zero-order valence-corrected chi connectivity index (χ0v) is 18.0. The zero-order valence-electron chi connectivity index (χ0n) is 17.2. The van der Waals surface area contributed by atoms with Gasteiger partial charge in [0.05, 0.1) is 11.1 Å². The topological polar surface area (TPSA) is 38.8 Å². The van der Waals surface area contributed by atoms with Gasteiger partial charge < -0.3 is 9.47 Å². The maximum atomic E-state index is 12.9. The normalized spacial score (nSPS) is 16.6. The molecule has 0 unspecified atom stereocenters. The van der Waals surface area contributed by atoms with Crippen molar-refractivity contribution in [3.63, 3.8) is 0 Å². The molecule has 5 heteroatoms. The summed E-state index contributed by atoms with van der Waals surface area (Å²) in [6.45, 7) is 3.99. The smallest absolute Gasteiger partial charge is 0.231 e. The minimum Gasteiger partial charge on any atom is -0.478 e. The first-order chi connectivity index (χ1) is 15.1. The number of hydrogen-bond acceptors (Lipinski definition) is 4. The Labute approximate surface area is 186 Å². The monoisotopic (exact) mass is 431 g/mol. The highest BCUT2D eigenvalue weighted by Gasteiger charge is 2.33. The summed E-state index contributed by atoms with van der Waals surface area (Å²) >= 11 is 6.29. The van der Waals surface area contributed by atoms with Crippen LogP contribution in [0.15, 0.2) is 66.4 Å². The number of Topliss-reactive ketones (excluding diaryl/α,β-unsaturated/α-hetero) is 1. The van der Waals surface area contributed by atoms with E-state index in [1.54, 1.807) is 12.1 Å². The second-order valence-corrected chi connectivity index (χ2v) is 8.34. The molecule has 0 fully saturated rings. The Hall–Kier alpha value is -3.08. The third kappa shape index (κ3) is 3.97. The van der Waals surface area contributed by atoms with Crippen LogP contribution in [0.1, 0.15) is 32.6 Å². The number of nitrogens with zero attached hydrogens (tertiary/aromatic N) is 1. The molecule has 31 heavy (non-hydrogen) atoms. The number of benzene rings is 3. The number of fused-ring (bicyclic) bond motifs is 3. The van der Waals surface area contributed by atoms with Gasteiger partial charge in [0.1, 0.15) is 18.2 Å². The first-order valence-corrected chi connectivity index (χ1v) is 10.7. The van der Waals surface area contributed by atoms with Crippen LogP contribution in [0.25, 0.3) is 6.08 Å². The molecule has 2 aliphatic rings. The van der Waals surface area contributed by atoms with Crippen LogP contribution >= 0.6 is 11.6 Å². The molecule has 0 saturated heterocycles. The molecule has 0 N–H and O–H groups in total. The minimum atomic E-state index is -0.0911. The Bertz CT molecular complexity index is 1180. The number of rotatable bonds is 4. The van der Waals surface area contributed by atoms with Gasteiger partial charge in [-0.3, -0.25) is 9.69 Å². The average Bonchev–Trinajstić information content (AvgIpc) is 3.10. The molecule has 3 aromatic rings. The first-order valence-electron chi connectivity index (χ1n) is 10.3. The molecule has 2 aliphatic heterocycles. The van der Waals surface area contributed by atoms with E-state index in [0.29, 0.717) is 30.3 Å². The number of allylic oxidation sites excluding steroid dienone is 1. The summed E-state index contributed by atoms with van der Waals surface area (Å²) in [6.07, 6.45) is 2.62. The molecule has 0 atom stereocenters. The highest BCUT2D eigenvalue weighted by molar-refractivity contribution is 6.31. The van der Waals surface area contributed by atoms with Crippen molar-refractivity contribution in [2.24, 2.45) is 0 Å².